The van der Waals surface area contributed by atoms with Gasteiger partial charge in [-0.3, -0.25) is 0 Å². The van der Waals surface area contributed by atoms with Gasteiger partial charge in [0, 0.05) is 0 Å². The average Bonchev–Trinajstić information content (AvgIpc) is 2.46. The van der Waals surface area contributed by atoms with Crippen molar-refractivity contribution in [2.24, 2.45) is 0 Å². The van der Waals surface area contributed by atoms with Crippen LogP contribution in [0.2, 0.25) is 0 Å². The number of hydrogen-bond acceptors (Lipinski definition) is 0. The van der Waals surface area contributed by atoms with Crippen molar-refractivity contribution in [3.63, 3.8) is 0 Å². The van der Waals surface area contributed by atoms with E-state index in [-0.39, 0.29) is 0 Å². The van der Waals surface area contributed by atoms with Crippen molar-refractivity contribution in [1.82, 2.24) is 0 Å². The summed E-state index contributed by atoms with van der Waals surface area (Å²) in [6.45, 7) is 9.59. The normalized spacial score (nSPS) is 13.7. The molecule has 0 saturated carbocycles. The molecule has 3 heteroatoms. The molecule has 118 valence electrons. The lowest BCUT2D eigenvalue weighted by Gasteiger charge is -2.09. The molecule has 0 aliphatic rings. The van der Waals surface area contributed by atoms with Crippen LogP contribution in [0.15, 0.2) is 66.3 Å². The molecule has 0 atom stereocenters. The molecular weight excluding hydrogens is 285 g/mol. The number of halogens is 3. The van der Waals surface area contributed by atoms with Crippen molar-refractivity contribution in [2.45, 2.75) is 33.4 Å². The fourth-order valence-electron chi connectivity index (χ4n) is 1.92. The average molecular weight is 306 g/mol. The van der Waals surface area contributed by atoms with E-state index in [2.05, 4.69) is 6.58 Å². The zero-order valence-corrected chi connectivity index (χ0v) is 13.2. The highest BCUT2D eigenvalue weighted by Gasteiger charge is 2.30. The third-order valence-corrected chi connectivity index (χ3v) is 3.31. The van der Waals surface area contributed by atoms with Crippen LogP contribution in [0.3, 0.4) is 0 Å². The van der Waals surface area contributed by atoms with Gasteiger partial charge in [0.1, 0.15) is 0 Å². The van der Waals surface area contributed by atoms with E-state index in [1.165, 1.54) is 12.1 Å². The van der Waals surface area contributed by atoms with Gasteiger partial charge in [0.2, 0.25) is 0 Å². The molecule has 0 radical (unpaired) electrons. The minimum Gasteiger partial charge on any atom is -0.166 e. The van der Waals surface area contributed by atoms with Crippen molar-refractivity contribution in [1.29, 1.82) is 0 Å². The summed E-state index contributed by atoms with van der Waals surface area (Å²) in [7, 11) is 0. The SMILES string of the molecule is C=C(C)/C(=C/C=C\C)C/C=C(\C)c1cccc(C(F)(F)F)c1. The molecule has 0 bridgehead atoms. The van der Waals surface area contributed by atoms with Crippen molar-refractivity contribution in [2.75, 3.05) is 0 Å². The van der Waals surface area contributed by atoms with Gasteiger partial charge in [-0.1, -0.05) is 48.6 Å². The Bertz CT molecular complexity index is 614. The van der Waals surface area contributed by atoms with E-state index in [0.29, 0.717) is 12.0 Å². The van der Waals surface area contributed by atoms with Gasteiger partial charge in [0.15, 0.2) is 0 Å². The molecule has 1 aromatic rings. The topological polar surface area (TPSA) is 0 Å². The van der Waals surface area contributed by atoms with Crippen LogP contribution >= 0.6 is 0 Å². The second-order valence-electron chi connectivity index (χ2n) is 5.17. The summed E-state index contributed by atoms with van der Waals surface area (Å²) < 4.78 is 38.2. The lowest BCUT2D eigenvalue weighted by molar-refractivity contribution is -0.137. The first-order valence-corrected chi connectivity index (χ1v) is 7.08. The van der Waals surface area contributed by atoms with Gasteiger partial charge in [-0.25, -0.2) is 0 Å². The summed E-state index contributed by atoms with van der Waals surface area (Å²) in [5.74, 6) is 0. The Morgan fingerprint density at radius 1 is 1.23 bits per heavy atom. The number of benzene rings is 1. The molecule has 0 spiro atoms. The van der Waals surface area contributed by atoms with Crippen molar-refractivity contribution in [3.8, 4) is 0 Å². The van der Waals surface area contributed by atoms with Gasteiger partial charge >= 0.3 is 6.18 Å². The van der Waals surface area contributed by atoms with Gasteiger partial charge in [-0.2, -0.15) is 13.2 Å². The largest absolute Gasteiger partial charge is 0.416 e. The second kappa shape index (κ2) is 7.83. The Kier molecular flexibility index (Phi) is 6.41. The van der Waals surface area contributed by atoms with E-state index in [1.807, 2.05) is 45.1 Å². The molecule has 0 saturated heterocycles. The smallest absolute Gasteiger partial charge is 0.166 e. The van der Waals surface area contributed by atoms with Gasteiger partial charge in [-0.15, -0.1) is 0 Å². The van der Waals surface area contributed by atoms with Crippen molar-refractivity contribution >= 4 is 5.57 Å². The van der Waals surface area contributed by atoms with Crippen LogP contribution in [0.4, 0.5) is 13.2 Å². The zero-order valence-electron chi connectivity index (χ0n) is 13.2. The molecule has 1 aromatic carbocycles. The van der Waals surface area contributed by atoms with E-state index < -0.39 is 11.7 Å². The van der Waals surface area contributed by atoms with E-state index in [0.717, 1.165) is 22.8 Å². The monoisotopic (exact) mass is 306 g/mol. The fraction of sp³-hybridized carbons (Fsp3) is 0.263. The lowest BCUT2D eigenvalue weighted by atomic mass is 9.99. The predicted molar refractivity (Wildman–Crippen MR) is 87.4 cm³/mol. The zero-order chi connectivity index (χ0) is 16.8. The molecule has 0 unspecified atom stereocenters. The molecule has 1 rings (SSSR count). The number of allylic oxidation sites excluding steroid dienone is 7. The van der Waals surface area contributed by atoms with E-state index in [9.17, 15) is 13.2 Å². The number of alkyl halides is 3. The maximum absolute atomic E-state index is 12.7. The lowest BCUT2D eigenvalue weighted by Crippen LogP contribution is -2.04. The Balaban J connectivity index is 3.00. The van der Waals surface area contributed by atoms with Gasteiger partial charge in [0.25, 0.3) is 0 Å². The fourth-order valence-corrected chi connectivity index (χ4v) is 1.92. The number of rotatable bonds is 5. The van der Waals surface area contributed by atoms with Crippen molar-refractivity contribution in [3.05, 3.63) is 77.4 Å². The van der Waals surface area contributed by atoms with Crippen LogP contribution in [0, 0.1) is 0 Å². The first-order chi connectivity index (χ1) is 10.3. The standard InChI is InChI=1S/C19H21F3/c1-5-6-8-16(14(2)3)12-11-15(4)17-9-7-10-18(13-17)19(20,21)22/h5-11,13H,2,12H2,1,3-4H3/b6-5-,15-11+,16-8+. The quantitative estimate of drug-likeness (QED) is 0.539. The summed E-state index contributed by atoms with van der Waals surface area (Å²) in [5, 5.41) is 0. The summed E-state index contributed by atoms with van der Waals surface area (Å²) >= 11 is 0. The second-order valence-corrected chi connectivity index (χ2v) is 5.17. The summed E-state index contributed by atoms with van der Waals surface area (Å²) in [4.78, 5) is 0. The summed E-state index contributed by atoms with van der Waals surface area (Å²) in [6, 6.07) is 5.39. The number of hydrogen-bond donors (Lipinski definition) is 0. The maximum Gasteiger partial charge on any atom is 0.416 e. The molecule has 0 aliphatic carbocycles. The highest BCUT2D eigenvalue weighted by Crippen LogP contribution is 2.31. The van der Waals surface area contributed by atoms with Gasteiger partial charge in [0.05, 0.1) is 5.56 Å². The van der Waals surface area contributed by atoms with E-state index in [4.69, 9.17) is 0 Å². The van der Waals surface area contributed by atoms with Crippen LogP contribution in [0.1, 0.15) is 38.3 Å². The molecular formula is C19H21F3. The molecule has 0 N–H and O–H groups in total. The van der Waals surface area contributed by atoms with Crippen molar-refractivity contribution < 1.29 is 13.2 Å². The maximum atomic E-state index is 12.7. The van der Waals surface area contributed by atoms with Crippen LogP contribution in [0.5, 0.6) is 0 Å². The molecule has 0 aliphatic heterocycles. The first kappa shape index (κ1) is 18.0. The van der Waals surface area contributed by atoms with Crippen LogP contribution in [0.25, 0.3) is 5.57 Å². The Morgan fingerprint density at radius 3 is 2.45 bits per heavy atom. The van der Waals surface area contributed by atoms with E-state index >= 15 is 0 Å². The minimum absolute atomic E-state index is 0.585. The third-order valence-electron chi connectivity index (χ3n) is 3.31. The highest BCUT2D eigenvalue weighted by atomic mass is 19.4. The first-order valence-electron chi connectivity index (χ1n) is 7.08. The molecule has 0 heterocycles. The predicted octanol–water partition coefficient (Wildman–Crippen LogP) is 6.58. The Morgan fingerprint density at radius 2 is 1.91 bits per heavy atom. The van der Waals surface area contributed by atoms with Gasteiger partial charge < -0.3 is 0 Å². The van der Waals surface area contributed by atoms with Gasteiger partial charge in [-0.05, 0) is 56.0 Å². The molecule has 0 amide bonds. The van der Waals surface area contributed by atoms with Crippen LogP contribution in [-0.2, 0) is 6.18 Å². The van der Waals surface area contributed by atoms with E-state index in [1.54, 1.807) is 6.07 Å². The summed E-state index contributed by atoms with van der Waals surface area (Å²) in [5.41, 5.74) is 2.79. The molecule has 0 aromatic heterocycles. The highest BCUT2D eigenvalue weighted by molar-refractivity contribution is 5.65. The molecule has 0 fully saturated rings. The Labute approximate surface area is 130 Å². The Hall–Kier alpha value is -2.03. The third kappa shape index (κ3) is 5.40. The molecule has 22 heavy (non-hydrogen) atoms. The minimum atomic E-state index is -4.31. The van der Waals surface area contributed by atoms with Crippen LogP contribution in [-0.4, -0.2) is 0 Å². The molecule has 0 nitrogen and oxygen atoms in total. The van der Waals surface area contributed by atoms with Crippen LogP contribution < -0.4 is 0 Å². The summed E-state index contributed by atoms with van der Waals surface area (Å²) in [6.07, 6.45) is 4.08.